The van der Waals surface area contributed by atoms with Crippen molar-refractivity contribution in [3.63, 3.8) is 0 Å². The van der Waals surface area contributed by atoms with Gasteiger partial charge in [0, 0.05) is 10.7 Å². The van der Waals surface area contributed by atoms with Crippen molar-refractivity contribution in [3.05, 3.63) is 63.7 Å². The lowest BCUT2D eigenvalue weighted by atomic mass is 9.98. The molecule has 0 aliphatic heterocycles. The first-order valence-corrected chi connectivity index (χ1v) is 6.22. The Hall–Kier alpha value is -2.00. The van der Waals surface area contributed by atoms with Crippen LogP contribution in [0.1, 0.15) is 27.0 Å². The summed E-state index contributed by atoms with van der Waals surface area (Å²) in [4.78, 5) is 11.2. The highest BCUT2D eigenvalue weighted by Crippen LogP contribution is 2.26. The summed E-state index contributed by atoms with van der Waals surface area (Å²) in [6.07, 6.45) is 0.450. The Balaban J connectivity index is 2.42. The van der Waals surface area contributed by atoms with Gasteiger partial charge in [-0.15, -0.1) is 0 Å². The number of hydrogen-bond acceptors (Lipinski definition) is 2. The van der Waals surface area contributed by atoms with Crippen LogP contribution in [-0.4, -0.2) is 11.1 Å². The maximum absolute atomic E-state index is 11.2. The molecule has 0 bridgehead atoms. The number of halogens is 1. The van der Waals surface area contributed by atoms with Crippen LogP contribution in [0.2, 0.25) is 5.02 Å². The van der Waals surface area contributed by atoms with E-state index >= 15 is 0 Å². The molecule has 0 atom stereocenters. The van der Waals surface area contributed by atoms with E-state index < -0.39 is 5.97 Å². The molecular formula is C15H14ClNO2. The minimum absolute atomic E-state index is 0.290. The van der Waals surface area contributed by atoms with Crippen LogP contribution in [0.3, 0.4) is 0 Å². The van der Waals surface area contributed by atoms with Crippen LogP contribution in [0, 0.1) is 6.92 Å². The standard InChI is InChI=1S/C15H14ClNO2/c1-9-6-13(16)11(8-14(9)17)7-10-4-2-3-5-12(10)15(18)19/h2-6,8H,7,17H2,1H3,(H,18,19). The molecule has 4 heteroatoms. The second kappa shape index (κ2) is 5.33. The van der Waals surface area contributed by atoms with Crippen molar-refractivity contribution in [1.82, 2.24) is 0 Å². The molecule has 0 aliphatic rings. The highest BCUT2D eigenvalue weighted by molar-refractivity contribution is 6.31. The van der Waals surface area contributed by atoms with Gasteiger partial charge in [-0.3, -0.25) is 0 Å². The summed E-state index contributed by atoms with van der Waals surface area (Å²) < 4.78 is 0. The maximum atomic E-state index is 11.2. The number of nitrogen functional groups attached to an aromatic ring is 1. The van der Waals surface area contributed by atoms with Gasteiger partial charge >= 0.3 is 5.97 Å². The molecule has 0 aromatic heterocycles. The van der Waals surface area contributed by atoms with E-state index in [0.29, 0.717) is 17.1 Å². The quantitative estimate of drug-likeness (QED) is 0.843. The first-order valence-electron chi connectivity index (χ1n) is 5.84. The monoisotopic (exact) mass is 275 g/mol. The summed E-state index contributed by atoms with van der Waals surface area (Å²) in [7, 11) is 0. The Bertz CT molecular complexity index is 638. The number of nitrogens with two attached hydrogens (primary N) is 1. The highest BCUT2D eigenvalue weighted by atomic mass is 35.5. The Morgan fingerprint density at radius 2 is 1.95 bits per heavy atom. The normalized spacial score (nSPS) is 10.4. The number of anilines is 1. The third-order valence-electron chi connectivity index (χ3n) is 3.06. The zero-order valence-electron chi connectivity index (χ0n) is 10.5. The van der Waals surface area contributed by atoms with Gasteiger partial charge < -0.3 is 10.8 Å². The van der Waals surface area contributed by atoms with E-state index in [0.717, 1.165) is 16.7 Å². The van der Waals surface area contributed by atoms with Gasteiger partial charge in [0.25, 0.3) is 0 Å². The van der Waals surface area contributed by atoms with Gasteiger partial charge in [0.15, 0.2) is 0 Å². The van der Waals surface area contributed by atoms with Crippen LogP contribution in [0.15, 0.2) is 36.4 Å². The molecule has 98 valence electrons. The Morgan fingerprint density at radius 1 is 1.26 bits per heavy atom. The fourth-order valence-electron chi connectivity index (χ4n) is 1.96. The predicted molar refractivity (Wildman–Crippen MR) is 76.8 cm³/mol. The molecule has 0 radical (unpaired) electrons. The topological polar surface area (TPSA) is 63.3 Å². The Labute approximate surface area is 116 Å². The lowest BCUT2D eigenvalue weighted by Crippen LogP contribution is -2.03. The fourth-order valence-corrected chi connectivity index (χ4v) is 2.25. The van der Waals surface area contributed by atoms with Gasteiger partial charge in [-0.2, -0.15) is 0 Å². The maximum Gasteiger partial charge on any atom is 0.335 e. The largest absolute Gasteiger partial charge is 0.478 e. The third-order valence-corrected chi connectivity index (χ3v) is 3.42. The summed E-state index contributed by atoms with van der Waals surface area (Å²) in [5.74, 6) is -0.938. The number of aromatic carboxylic acids is 1. The number of hydrogen-bond donors (Lipinski definition) is 2. The summed E-state index contributed by atoms with van der Waals surface area (Å²) in [6.45, 7) is 1.89. The molecule has 19 heavy (non-hydrogen) atoms. The van der Waals surface area contributed by atoms with Gasteiger partial charge in [0.05, 0.1) is 5.56 Å². The number of benzene rings is 2. The zero-order chi connectivity index (χ0) is 14.0. The van der Waals surface area contributed by atoms with Gasteiger partial charge in [-0.25, -0.2) is 4.79 Å². The van der Waals surface area contributed by atoms with Crippen LogP contribution >= 0.6 is 11.6 Å². The van der Waals surface area contributed by atoms with Crippen LogP contribution in [-0.2, 0) is 6.42 Å². The van der Waals surface area contributed by atoms with E-state index in [2.05, 4.69) is 0 Å². The summed E-state index contributed by atoms with van der Waals surface area (Å²) >= 11 is 6.18. The van der Waals surface area contributed by atoms with Gasteiger partial charge in [-0.1, -0.05) is 29.8 Å². The molecule has 0 heterocycles. The number of carboxylic acids is 1. The molecule has 2 aromatic carbocycles. The van der Waals surface area contributed by atoms with Crippen molar-refractivity contribution in [2.75, 3.05) is 5.73 Å². The third kappa shape index (κ3) is 2.88. The minimum Gasteiger partial charge on any atom is -0.478 e. The Kier molecular flexibility index (Phi) is 3.76. The van der Waals surface area contributed by atoms with Crippen LogP contribution in [0.25, 0.3) is 0 Å². The smallest absolute Gasteiger partial charge is 0.335 e. The van der Waals surface area contributed by atoms with Gasteiger partial charge in [0.2, 0.25) is 0 Å². The predicted octanol–water partition coefficient (Wildman–Crippen LogP) is 3.52. The zero-order valence-corrected chi connectivity index (χ0v) is 11.2. The van der Waals surface area contributed by atoms with Gasteiger partial charge in [0.1, 0.15) is 0 Å². The number of carboxylic acid groups (broad SMARTS) is 1. The van der Waals surface area contributed by atoms with Crippen molar-refractivity contribution in [2.24, 2.45) is 0 Å². The molecule has 0 amide bonds. The van der Waals surface area contributed by atoms with E-state index in [-0.39, 0.29) is 5.56 Å². The van der Waals surface area contributed by atoms with Crippen molar-refractivity contribution in [1.29, 1.82) is 0 Å². The van der Waals surface area contributed by atoms with Crippen LogP contribution in [0.4, 0.5) is 5.69 Å². The van der Waals surface area contributed by atoms with Crippen molar-refractivity contribution in [2.45, 2.75) is 13.3 Å². The number of carbonyl (C=O) groups is 1. The van der Waals surface area contributed by atoms with Crippen LogP contribution in [0.5, 0.6) is 0 Å². The van der Waals surface area contributed by atoms with E-state index in [1.807, 2.05) is 13.0 Å². The fraction of sp³-hybridized carbons (Fsp3) is 0.133. The molecule has 0 aliphatic carbocycles. The molecule has 0 saturated carbocycles. The van der Waals surface area contributed by atoms with E-state index in [1.165, 1.54) is 0 Å². The molecule has 0 fully saturated rings. The van der Waals surface area contributed by atoms with E-state index in [4.69, 9.17) is 22.4 Å². The molecular weight excluding hydrogens is 262 g/mol. The molecule has 2 rings (SSSR count). The molecule has 3 nitrogen and oxygen atoms in total. The first kappa shape index (κ1) is 13.4. The second-order valence-electron chi connectivity index (χ2n) is 4.44. The SMILES string of the molecule is Cc1cc(Cl)c(Cc2ccccc2C(=O)O)cc1N. The average Bonchev–Trinajstić information content (AvgIpc) is 2.36. The van der Waals surface area contributed by atoms with Crippen molar-refractivity contribution < 1.29 is 9.90 Å². The molecule has 2 aromatic rings. The second-order valence-corrected chi connectivity index (χ2v) is 4.85. The lowest BCUT2D eigenvalue weighted by Gasteiger charge is -2.10. The number of rotatable bonds is 3. The average molecular weight is 276 g/mol. The van der Waals surface area contributed by atoms with Crippen molar-refractivity contribution >= 4 is 23.3 Å². The van der Waals surface area contributed by atoms with E-state index in [9.17, 15) is 4.79 Å². The summed E-state index contributed by atoms with van der Waals surface area (Å²) in [5.41, 5.74) is 9.29. The number of aryl methyl sites for hydroxylation is 1. The molecule has 0 unspecified atom stereocenters. The molecule has 0 saturated heterocycles. The molecule has 3 N–H and O–H groups in total. The highest BCUT2D eigenvalue weighted by Gasteiger charge is 2.11. The Morgan fingerprint density at radius 3 is 2.63 bits per heavy atom. The van der Waals surface area contributed by atoms with Gasteiger partial charge in [-0.05, 0) is 48.2 Å². The summed E-state index contributed by atoms with van der Waals surface area (Å²) in [5, 5.41) is 9.76. The van der Waals surface area contributed by atoms with E-state index in [1.54, 1.807) is 30.3 Å². The van der Waals surface area contributed by atoms with Crippen LogP contribution < -0.4 is 5.73 Å². The summed E-state index contributed by atoms with van der Waals surface area (Å²) in [6, 6.07) is 10.5. The minimum atomic E-state index is -0.938. The molecule has 0 spiro atoms. The first-order chi connectivity index (χ1) is 8.99. The van der Waals surface area contributed by atoms with Crippen molar-refractivity contribution in [3.8, 4) is 0 Å². The lowest BCUT2D eigenvalue weighted by molar-refractivity contribution is 0.0696.